The van der Waals surface area contributed by atoms with Gasteiger partial charge in [0.25, 0.3) is 0 Å². The van der Waals surface area contributed by atoms with Crippen LogP contribution in [0.1, 0.15) is 5.69 Å². The topological polar surface area (TPSA) is 74.7 Å². The highest BCUT2D eigenvalue weighted by Gasteiger charge is 2.14. The van der Waals surface area contributed by atoms with Crippen molar-refractivity contribution in [3.8, 4) is 17.3 Å². The molecule has 0 N–H and O–H groups in total. The van der Waals surface area contributed by atoms with Gasteiger partial charge in [-0.3, -0.25) is 0 Å². The predicted octanol–water partition coefficient (Wildman–Crippen LogP) is 5.52. The van der Waals surface area contributed by atoms with Crippen molar-refractivity contribution in [2.45, 2.75) is 6.61 Å². The summed E-state index contributed by atoms with van der Waals surface area (Å²) < 4.78 is 21.5. The Balaban J connectivity index is 1.33. The van der Waals surface area contributed by atoms with E-state index in [2.05, 4.69) is 5.16 Å². The molecule has 2 aromatic heterocycles. The maximum Gasteiger partial charge on any atom is 0.344 e. The zero-order valence-corrected chi connectivity index (χ0v) is 15.9. The Kier molecular flexibility index (Phi) is 5.23. The van der Waals surface area contributed by atoms with E-state index >= 15 is 0 Å². The quantitative estimate of drug-likeness (QED) is 0.384. The summed E-state index contributed by atoms with van der Waals surface area (Å²) in [5.41, 5.74) is 1.20. The van der Waals surface area contributed by atoms with Crippen LogP contribution in [-0.2, 0) is 16.1 Å². The SMILES string of the molecule is O=C(COc1ccc(Cl)cc1Cl)OCc1cc(-c2cc3ccccc3o2)on1. The summed E-state index contributed by atoms with van der Waals surface area (Å²) in [6.07, 6.45) is 0. The van der Waals surface area contributed by atoms with Crippen LogP contribution >= 0.6 is 23.2 Å². The van der Waals surface area contributed by atoms with Crippen molar-refractivity contribution in [2.24, 2.45) is 0 Å². The highest BCUT2D eigenvalue weighted by atomic mass is 35.5. The molecule has 0 bridgehead atoms. The Hall–Kier alpha value is -2.96. The number of furan rings is 1. The second kappa shape index (κ2) is 7.96. The summed E-state index contributed by atoms with van der Waals surface area (Å²) in [6.45, 7) is -0.351. The van der Waals surface area contributed by atoms with Crippen molar-refractivity contribution in [3.05, 3.63) is 70.3 Å². The Morgan fingerprint density at radius 2 is 1.89 bits per heavy atom. The molecule has 2 aromatic carbocycles. The Bertz CT molecular complexity index is 1100. The molecule has 4 rings (SSSR count). The molecule has 28 heavy (non-hydrogen) atoms. The standard InChI is InChI=1S/C20H13Cl2NO5/c21-13-5-6-17(15(22)8-13)25-11-20(24)26-10-14-9-19(28-23-14)18-7-12-3-1-2-4-16(12)27-18/h1-9H,10-11H2. The maximum atomic E-state index is 11.9. The van der Waals surface area contributed by atoms with Crippen molar-refractivity contribution < 1.29 is 23.2 Å². The minimum Gasteiger partial charge on any atom is -0.480 e. The Morgan fingerprint density at radius 3 is 2.71 bits per heavy atom. The number of nitrogens with zero attached hydrogens (tertiary/aromatic N) is 1. The van der Waals surface area contributed by atoms with E-state index in [4.69, 9.17) is 41.6 Å². The van der Waals surface area contributed by atoms with Crippen molar-refractivity contribution in [3.63, 3.8) is 0 Å². The summed E-state index contributed by atoms with van der Waals surface area (Å²) in [5.74, 6) is 0.773. The molecule has 4 aromatic rings. The van der Waals surface area contributed by atoms with Crippen LogP contribution in [0, 0.1) is 0 Å². The van der Waals surface area contributed by atoms with Crippen LogP contribution in [0.3, 0.4) is 0 Å². The number of halogens is 2. The lowest BCUT2D eigenvalue weighted by molar-refractivity contribution is -0.147. The third-order valence-electron chi connectivity index (χ3n) is 3.85. The third kappa shape index (κ3) is 4.13. The molecule has 0 fully saturated rings. The maximum absolute atomic E-state index is 11.9. The fourth-order valence-electron chi connectivity index (χ4n) is 2.52. The van der Waals surface area contributed by atoms with Crippen LogP contribution in [0.5, 0.6) is 5.75 Å². The number of fused-ring (bicyclic) bond motifs is 1. The minimum atomic E-state index is -0.570. The number of ether oxygens (including phenoxy) is 2. The molecule has 142 valence electrons. The van der Waals surface area contributed by atoms with Gasteiger partial charge < -0.3 is 18.4 Å². The zero-order chi connectivity index (χ0) is 19.5. The average molecular weight is 418 g/mol. The molecule has 0 radical (unpaired) electrons. The van der Waals surface area contributed by atoms with E-state index in [1.165, 1.54) is 6.07 Å². The monoisotopic (exact) mass is 417 g/mol. The summed E-state index contributed by atoms with van der Waals surface area (Å²) in [5, 5.41) is 5.64. The van der Waals surface area contributed by atoms with Crippen LogP contribution in [-0.4, -0.2) is 17.7 Å². The van der Waals surface area contributed by atoms with Gasteiger partial charge in [0.1, 0.15) is 23.6 Å². The van der Waals surface area contributed by atoms with Gasteiger partial charge in [0, 0.05) is 16.5 Å². The number of rotatable bonds is 6. The minimum absolute atomic E-state index is 0.0553. The number of benzene rings is 2. The number of hydrogen-bond donors (Lipinski definition) is 0. The van der Waals surface area contributed by atoms with Crippen molar-refractivity contribution >= 4 is 40.1 Å². The van der Waals surface area contributed by atoms with Crippen LogP contribution in [0.15, 0.2) is 63.5 Å². The molecule has 0 aliphatic rings. The van der Waals surface area contributed by atoms with Crippen LogP contribution in [0.25, 0.3) is 22.5 Å². The van der Waals surface area contributed by atoms with E-state index in [1.54, 1.807) is 18.2 Å². The van der Waals surface area contributed by atoms with Gasteiger partial charge >= 0.3 is 5.97 Å². The largest absolute Gasteiger partial charge is 0.480 e. The first-order valence-corrected chi connectivity index (χ1v) is 9.02. The van der Waals surface area contributed by atoms with Crippen LogP contribution in [0.4, 0.5) is 0 Å². The lowest BCUT2D eigenvalue weighted by Gasteiger charge is -2.07. The molecule has 0 spiro atoms. The van der Waals surface area contributed by atoms with E-state index < -0.39 is 5.97 Å². The summed E-state index contributed by atoms with van der Waals surface area (Å²) in [7, 11) is 0. The molecule has 0 amide bonds. The number of esters is 1. The van der Waals surface area contributed by atoms with E-state index in [9.17, 15) is 4.79 Å². The first-order chi connectivity index (χ1) is 13.6. The average Bonchev–Trinajstić information content (AvgIpc) is 3.32. The summed E-state index contributed by atoms with van der Waals surface area (Å²) >= 11 is 11.8. The van der Waals surface area contributed by atoms with E-state index in [-0.39, 0.29) is 13.2 Å². The lowest BCUT2D eigenvalue weighted by Crippen LogP contribution is -2.15. The van der Waals surface area contributed by atoms with E-state index in [0.717, 1.165) is 11.0 Å². The van der Waals surface area contributed by atoms with Gasteiger partial charge in [-0.25, -0.2) is 4.79 Å². The van der Waals surface area contributed by atoms with Crippen LogP contribution < -0.4 is 4.74 Å². The van der Waals surface area contributed by atoms with Gasteiger partial charge in [-0.2, -0.15) is 0 Å². The highest BCUT2D eigenvalue weighted by Crippen LogP contribution is 2.29. The lowest BCUT2D eigenvalue weighted by atomic mass is 10.2. The molecule has 6 nitrogen and oxygen atoms in total. The van der Waals surface area contributed by atoms with Gasteiger partial charge in [0.2, 0.25) is 5.76 Å². The number of para-hydroxylation sites is 1. The predicted molar refractivity (Wildman–Crippen MR) is 103 cm³/mol. The van der Waals surface area contributed by atoms with Crippen molar-refractivity contribution in [1.82, 2.24) is 5.16 Å². The van der Waals surface area contributed by atoms with Gasteiger partial charge in [-0.05, 0) is 30.3 Å². The molecule has 2 heterocycles. The number of aromatic nitrogens is 1. The number of carbonyl (C=O) groups is 1. The van der Waals surface area contributed by atoms with Crippen molar-refractivity contribution in [1.29, 1.82) is 0 Å². The second-order valence-corrected chi connectivity index (χ2v) is 6.70. The Labute approximate surface area is 169 Å². The smallest absolute Gasteiger partial charge is 0.344 e. The molecule has 0 saturated heterocycles. The zero-order valence-electron chi connectivity index (χ0n) is 14.4. The molecular formula is C20H13Cl2NO5. The number of carbonyl (C=O) groups excluding carboxylic acids is 1. The summed E-state index contributed by atoms with van der Waals surface area (Å²) in [6, 6.07) is 15.8. The Morgan fingerprint density at radius 1 is 1.04 bits per heavy atom. The second-order valence-electron chi connectivity index (χ2n) is 5.86. The molecule has 0 atom stereocenters. The molecule has 0 aliphatic carbocycles. The highest BCUT2D eigenvalue weighted by molar-refractivity contribution is 6.35. The van der Waals surface area contributed by atoms with E-state index in [1.807, 2.05) is 30.3 Å². The summed E-state index contributed by atoms with van der Waals surface area (Å²) in [4.78, 5) is 11.9. The van der Waals surface area contributed by atoms with Gasteiger partial charge in [0.05, 0.1) is 5.02 Å². The van der Waals surface area contributed by atoms with E-state index in [0.29, 0.717) is 33.0 Å². The van der Waals surface area contributed by atoms with Gasteiger partial charge in [-0.1, -0.05) is 46.6 Å². The fraction of sp³-hybridized carbons (Fsp3) is 0.100. The fourth-order valence-corrected chi connectivity index (χ4v) is 2.99. The normalized spacial score (nSPS) is 10.9. The molecule has 0 aliphatic heterocycles. The first kappa shape index (κ1) is 18.4. The molecule has 0 unspecified atom stereocenters. The molecule has 8 heteroatoms. The molecule has 0 saturated carbocycles. The van der Waals surface area contributed by atoms with Gasteiger partial charge in [0.15, 0.2) is 12.4 Å². The third-order valence-corrected chi connectivity index (χ3v) is 4.38. The van der Waals surface area contributed by atoms with Gasteiger partial charge in [-0.15, -0.1) is 0 Å². The van der Waals surface area contributed by atoms with Crippen LogP contribution in [0.2, 0.25) is 10.0 Å². The molecular weight excluding hydrogens is 405 g/mol. The number of hydrogen-bond acceptors (Lipinski definition) is 6. The van der Waals surface area contributed by atoms with Crippen molar-refractivity contribution in [2.75, 3.05) is 6.61 Å². The first-order valence-electron chi connectivity index (χ1n) is 8.26.